The lowest BCUT2D eigenvalue weighted by Gasteiger charge is -2.24. The molecule has 0 saturated carbocycles. The smallest absolute Gasteiger partial charge is 0.414 e. The van der Waals surface area contributed by atoms with Gasteiger partial charge in [0.25, 0.3) is 0 Å². The third-order valence-corrected chi connectivity index (χ3v) is 4.40. The molecule has 0 aromatic heterocycles. The highest BCUT2D eigenvalue weighted by Gasteiger charge is 2.37. The van der Waals surface area contributed by atoms with Crippen molar-refractivity contribution in [2.45, 2.75) is 32.4 Å². The Morgan fingerprint density at radius 2 is 1.70 bits per heavy atom. The third-order valence-electron chi connectivity index (χ3n) is 4.40. The van der Waals surface area contributed by atoms with Crippen molar-refractivity contribution in [3.8, 4) is 0 Å². The van der Waals surface area contributed by atoms with E-state index >= 15 is 0 Å². The zero-order chi connectivity index (χ0) is 19.2. The highest BCUT2D eigenvalue weighted by atomic mass is 16.6. The number of ketones is 1. The summed E-state index contributed by atoms with van der Waals surface area (Å²) in [7, 11) is 0. The molecule has 6 heteroatoms. The van der Waals surface area contributed by atoms with Gasteiger partial charge < -0.3 is 9.47 Å². The Bertz CT molecular complexity index is 833. The fourth-order valence-electron chi connectivity index (χ4n) is 3.17. The molecule has 0 radical (unpaired) electrons. The quantitative estimate of drug-likeness (QED) is 0.579. The molecule has 0 fully saturated rings. The average molecular weight is 367 g/mol. The molecule has 0 bridgehead atoms. The van der Waals surface area contributed by atoms with Crippen molar-refractivity contribution in [2.75, 3.05) is 11.5 Å². The van der Waals surface area contributed by atoms with Crippen molar-refractivity contribution in [3.63, 3.8) is 0 Å². The van der Waals surface area contributed by atoms with E-state index in [4.69, 9.17) is 9.47 Å². The summed E-state index contributed by atoms with van der Waals surface area (Å²) in [6, 6.07) is 16.3. The van der Waals surface area contributed by atoms with E-state index in [1.807, 2.05) is 54.6 Å². The third kappa shape index (κ3) is 4.34. The number of rotatable bonds is 6. The van der Waals surface area contributed by atoms with Crippen LogP contribution in [0.2, 0.25) is 0 Å². The molecule has 2 aromatic carbocycles. The van der Waals surface area contributed by atoms with Gasteiger partial charge in [0, 0.05) is 6.42 Å². The molecule has 0 aliphatic carbocycles. The molecule has 1 atom stereocenters. The van der Waals surface area contributed by atoms with Crippen molar-refractivity contribution in [2.24, 2.45) is 0 Å². The summed E-state index contributed by atoms with van der Waals surface area (Å²) in [4.78, 5) is 38.0. The number of hydrogen-bond acceptors (Lipinski definition) is 5. The van der Waals surface area contributed by atoms with E-state index in [1.165, 1.54) is 4.90 Å². The Morgan fingerprint density at radius 1 is 1.00 bits per heavy atom. The molecule has 0 saturated heterocycles. The molecule has 3 rings (SSSR count). The number of anilines is 1. The van der Waals surface area contributed by atoms with Crippen molar-refractivity contribution in [1.82, 2.24) is 0 Å². The number of carbonyl (C=O) groups excluding carboxylic acids is 3. The Kier molecular flexibility index (Phi) is 5.86. The fraction of sp³-hybridized carbons (Fsp3) is 0.286. The number of esters is 1. The molecule has 27 heavy (non-hydrogen) atoms. The fourth-order valence-corrected chi connectivity index (χ4v) is 3.17. The lowest BCUT2D eigenvalue weighted by molar-refractivity contribution is -0.153. The predicted molar refractivity (Wildman–Crippen MR) is 99.3 cm³/mol. The van der Waals surface area contributed by atoms with Crippen LogP contribution in [-0.2, 0) is 32.1 Å². The van der Waals surface area contributed by atoms with Gasteiger partial charge >= 0.3 is 12.1 Å². The van der Waals surface area contributed by atoms with Crippen LogP contribution in [0, 0.1) is 0 Å². The van der Waals surface area contributed by atoms with Crippen LogP contribution in [-0.4, -0.2) is 30.5 Å². The molecule has 140 valence electrons. The normalized spacial score (nSPS) is 15.1. The van der Waals surface area contributed by atoms with Gasteiger partial charge in [0.15, 0.2) is 0 Å². The molecular formula is C21H21NO5. The number of Topliss-reactive ketones (excluding diaryl/α,β-unsaturated/α-hetero) is 1. The van der Waals surface area contributed by atoms with E-state index in [0.717, 1.165) is 11.1 Å². The minimum atomic E-state index is -0.869. The highest BCUT2D eigenvalue weighted by Crippen LogP contribution is 2.34. The molecule has 0 spiro atoms. The SMILES string of the molecule is CCOC(=O)C(=O)CC1Cc2ccccc2N1C(=O)OCc1ccccc1. The number of hydrogen-bond donors (Lipinski definition) is 0. The second kappa shape index (κ2) is 8.49. The highest BCUT2D eigenvalue weighted by molar-refractivity contribution is 6.33. The van der Waals surface area contributed by atoms with Gasteiger partial charge in [-0.1, -0.05) is 48.5 Å². The van der Waals surface area contributed by atoms with E-state index in [0.29, 0.717) is 12.1 Å². The number of amides is 1. The molecule has 2 aromatic rings. The van der Waals surface area contributed by atoms with Gasteiger partial charge in [-0.05, 0) is 30.5 Å². The van der Waals surface area contributed by atoms with E-state index in [1.54, 1.807) is 6.92 Å². The van der Waals surface area contributed by atoms with Gasteiger partial charge in [-0.3, -0.25) is 9.69 Å². The summed E-state index contributed by atoms with van der Waals surface area (Å²) >= 11 is 0. The molecule has 0 N–H and O–H groups in total. The first-order valence-electron chi connectivity index (χ1n) is 8.88. The van der Waals surface area contributed by atoms with E-state index < -0.39 is 23.9 Å². The number of fused-ring (bicyclic) bond motifs is 1. The van der Waals surface area contributed by atoms with Gasteiger partial charge in [-0.25, -0.2) is 9.59 Å². The Balaban J connectivity index is 1.74. The van der Waals surface area contributed by atoms with E-state index in [2.05, 4.69) is 0 Å². The number of benzene rings is 2. The number of para-hydroxylation sites is 1. The monoisotopic (exact) mass is 367 g/mol. The number of nitrogens with zero attached hydrogens (tertiary/aromatic N) is 1. The van der Waals surface area contributed by atoms with Gasteiger partial charge in [0.2, 0.25) is 5.78 Å². The van der Waals surface area contributed by atoms with Crippen LogP contribution in [0.1, 0.15) is 24.5 Å². The summed E-state index contributed by atoms with van der Waals surface area (Å²) in [5.41, 5.74) is 2.52. The maximum Gasteiger partial charge on any atom is 0.414 e. The first kappa shape index (κ1) is 18.6. The zero-order valence-corrected chi connectivity index (χ0v) is 15.1. The van der Waals surface area contributed by atoms with Crippen LogP contribution in [0.4, 0.5) is 10.5 Å². The molecule has 1 amide bonds. The lowest BCUT2D eigenvalue weighted by Crippen LogP contribution is -2.40. The van der Waals surface area contributed by atoms with Gasteiger partial charge in [0.1, 0.15) is 6.61 Å². The standard InChI is InChI=1S/C21H21NO5/c1-2-26-20(24)19(23)13-17-12-16-10-6-7-11-18(16)22(17)21(25)27-14-15-8-4-3-5-9-15/h3-11,17H,2,12-14H2,1H3. The maximum absolute atomic E-state index is 12.7. The molecule has 1 unspecified atom stereocenters. The molecule has 1 heterocycles. The molecule has 1 aliphatic rings. The summed E-state index contributed by atoms with van der Waals surface area (Å²) in [5.74, 6) is -1.51. The van der Waals surface area contributed by atoms with Crippen LogP contribution < -0.4 is 4.90 Å². The second-order valence-corrected chi connectivity index (χ2v) is 6.24. The Labute approximate surface area is 157 Å². The number of ether oxygens (including phenoxy) is 2. The maximum atomic E-state index is 12.7. The zero-order valence-electron chi connectivity index (χ0n) is 15.1. The summed E-state index contributed by atoms with van der Waals surface area (Å²) in [5, 5.41) is 0. The van der Waals surface area contributed by atoms with E-state index in [-0.39, 0.29) is 19.6 Å². The Hall–Kier alpha value is -3.15. The van der Waals surface area contributed by atoms with Gasteiger partial charge in [-0.2, -0.15) is 0 Å². The van der Waals surface area contributed by atoms with E-state index in [9.17, 15) is 14.4 Å². The largest absolute Gasteiger partial charge is 0.460 e. The van der Waals surface area contributed by atoms with Crippen LogP contribution in [0.15, 0.2) is 54.6 Å². The summed E-state index contributed by atoms with van der Waals surface area (Å²) in [6.07, 6.45) is -0.152. The van der Waals surface area contributed by atoms with Crippen LogP contribution in [0.5, 0.6) is 0 Å². The summed E-state index contributed by atoms with van der Waals surface area (Å²) in [6.45, 7) is 1.92. The van der Waals surface area contributed by atoms with Crippen LogP contribution in [0.3, 0.4) is 0 Å². The molecule has 6 nitrogen and oxygen atoms in total. The first-order chi connectivity index (χ1) is 13.1. The lowest BCUT2D eigenvalue weighted by atomic mass is 10.1. The van der Waals surface area contributed by atoms with Crippen LogP contribution in [0.25, 0.3) is 0 Å². The van der Waals surface area contributed by atoms with Crippen molar-refractivity contribution in [1.29, 1.82) is 0 Å². The summed E-state index contributed by atoms with van der Waals surface area (Å²) < 4.78 is 10.2. The topological polar surface area (TPSA) is 72.9 Å². The number of carbonyl (C=O) groups is 3. The molecular weight excluding hydrogens is 346 g/mol. The van der Waals surface area contributed by atoms with Crippen LogP contribution >= 0.6 is 0 Å². The van der Waals surface area contributed by atoms with Crippen molar-refractivity contribution >= 4 is 23.5 Å². The minimum absolute atomic E-state index is 0.103. The first-order valence-corrected chi connectivity index (χ1v) is 8.88. The van der Waals surface area contributed by atoms with Crippen molar-refractivity contribution in [3.05, 3.63) is 65.7 Å². The minimum Gasteiger partial charge on any atom is -0.460 e. The van der Waals surface area contributed by atoms with Gasteiger partial charge in [0.05, 0.1) is 18.3 Å². The van der Waals surface area contributed by atoms with Crippen molar-refractivity contribution < 1.29 is 23.9 Å². The average Bonchev–Trinajstić information content (AvgIpc) is 3.05. The predicted octanol–water partition coefficient (Wildman–Crippen LogP) is 3.28. The molecule has 1 aliphatic heterocycles. The van der Waals surface area contributed by atoms with Gasteiger partial charge in [-0.15, -0.1) is 0 Å². The Morgan fingerprint density at radius 3 is 2.44 bits per heavy atom. The second-order valence-electron chi connectivity index (χ2n) is 6.24.